The second-order valence-corrected chi connectivity index (χ2v) is 7.45. The number of nitrogens with zero attached hydrogens (tertiary/aromatic N) is 3. The molecule has 0 aliphatic carbocycles. The highest BCUT2D eigenvalue weighted by Crippen LogP contribution is 2.28. The zero-order chi connectivity index (χ0) is 21.2. The molecular formula is C25H17ClN4O. The van der Waals surface area contributed by atoms with Gasteiger partial charge in [-0.1, -0.05) is 72.3 Å². The van der Waals surface area contributed by atoms with Crippen molar-refractivity contribution in [3.05, 3.63) is 108 Å². The second-order valence-electron chi connectivity index (χ2n) is 7.04. The van der Waals surface area contributed by atoms with Gasteiger partial charge in [-0.15, -0.1) is 10.2 Å². The summed E-state index contributed by atoms with van der Waals surface area (Å²) >= 11 is 6.40. The van der Waals surface area contributed by atoms with Crippen molar-refractivity contribution < 1.29 is 4.79 Å². The van der Waals surface area contributed by atoms with E-state index < -0.39 is 0 Å². The predicted molar refractivity (Wildman–Crippen MR) is 124 cm³/mol. The minimum Gasteiger partial charge on any atom is -0.321 e. The molecule has 1 heterocycles. The second kappa shape index (κ2) is 8.05. The molecule has 0 saturated heterocycles. The molecule has 5 nitrogen and oxygen atoms in total. The molecule has 0 spiro atoms. The summed E-state index contributed by atoms with van der Waals surface area (Å²) in [6, 6.07) is 30.5. The average Bonchev–Trinajstić information content (AvgIpc) is 3.23. The maximum Gasteiger partial charge on any atom is 0.255 e. The lowest BCUT2D eigenvalue weighted by Crippen LogP contribution is -2.12. The van der Waals surface area contributed by atoms with Gasteiger partial charge in [-0.25, -0.2) is 0 Å². The van der Waals surface area contributed by atoms with Gasteiger partial charge in [0.25, 0.3) is 5.91 Å². The molecular weight excluding hydrogens is 408 g/mol. The quantitative estimate of drug-likeness (QED) is 0.385. The Bertz CT molecular complexity index is 1360. The Kier molecular flexibility index (Phi) is 4.94. The van der Waals surface area contributed by atoms with Crippen LogP contribution in [0.15, 0.2) is 97.1 Å². The molecule has 1 N–H and O–H groups in total. The van der Waals surface area contributed by atoms with E-state index in [1.165, 1.54) is 0 Å². The van der Waals surface area contributed by atoms with E-state index >= 15 is 0 Å². The van der Waals surface area contributed by atoms with Crippen LogP contribution >= 0.6 is 11.6 Å². The van der Waals surface area contributed by atoms with Crippen molar-refractivity contribution in [3.63, 3.8) is 0 Å². The third-order valence-corrected chi connectivity index (χ3v) is 5.27. The van der Waals surface area contributed by atoms with Crippen LogP contribution in [0.4, 0.5) is 5.69 Å². The molecule has 5 rings (SSSR count). The fourth-order valence-electron chi connectivity index (χ4n) is 3.35. The number of anilines is 1. The van der Waals surface area contributed by atoms with Gasteiger partial charge in [0.05, 0.1) is 16.4 Å². The fourth-order valence-corrected chi connectivity index (χ4v) is 3.55. The molecule has 1 amide bonds. The van der Waals surface area contributed by atoms with E-state index in [0.29, 0.717) is 27.3 Å². The van der Waals surface area contributed by atoms with E-state index in [4.69, 9.17) is 11.6 Å². The Hall–Kier alpha value is -3.96. The van der Waals surface area contributed by atoms with Gasteiger partial charge in [0.1, 0.15) is 11.0 Å². The van der Waals surface area contributed by atoms with Crippen molar-refractivity contribution in [3.8, 4) is 16.8 Å². The van der Waals surface area contributed by atoms with E-state index in [9.17, 15) is 4.79 Å². The Balaban J connectivity index is 1.39. The van der Waals surface area contributed by atoms with Crippen LogP contribution in [0.3, 0.4) is 0 Å². The van der Waals surface area contributed by atoms with Gasteiger partial charge in [-0.05, 0) is 47.5 Å². The number of nitrogens with one attached hydrogen (secondary N) is 1. The normalized spacial score (nSPS) is 10.9. The molecule has 31 heavy (non-hydrogen) atoms. The SMILES string of the molecule is O=C(Nc1cc2nn(-c3ccccc3)nc2cc1Cl)c1ccc(-c2ccccc2)cc1. The largest absolute Gasteiger partial charge is 0.321 e. The summed E-state index contributed by atoms with van der Waals surface area (Å²) in [5.74, 6) is -0.240. The Morgan fingerprint density at radius 2 is 1.32 bits per heavy atom. The van der Waals surface area contributed by atoms with Crippen molar-refractivity contribution in [2.45, 2.75) is 0 Å². The molecule has 0 saturated carbocycles. The average molecular weight is 425 g/mol. The van der Waals surface area contributed by atoms with Crippen molar-refractivity contribution in [2.75, 3.05) is 5.32 Å². The van der Waals surface area contributed by atoms with Crippen LogP contribution in [-0.2, 0) is 0 Å². The van der Waals surface area contributed by atoms with Crippen molar-refractivity contribution >= 4 is 34.2 Å². The van der Waals surface area contributed by atoms with Gasteiger partial charge in [0, 0.05) is 5.56 Å². The first-order valence-electron chi connectivity index (χ1n) is 9.76. The summed E-state index contributed by atoms with van der Waals surface area (Å²) in [5, 5.41) is 12.3. The lowest BCUT2D eigenvalue weighted by Gasteiger charge is -2.08. The van der Waals surface area contributed by atoms with E-state index in [1.807, 2.05) is 72.8 Å². The van der Waals surface area contributed by atoms with Gasteiger partial charge in [-0.3, -0.25) is 4.79 Å². The zero-order valence-electron chi connectivity index (χ0n) is 16.4. The Morgan fingerprint density at radius 3 is 2.00 bits per heavy atom. The monoisotopic (exact) mass is 424 g/mol. The maximum atomic E-state index is 12.8. The molecule has 0 unspecified atom stereocenters. The molecule has 0 atom stereocenters. The first-order valence-corrected chi connectivity index (χ1v) is 10.1. The van der Waals surface area contributed by atoms with Gasteiger partial charge >= 0.3 is 0 Å². The van der Waals surface area contributed by atoms with Gasteiger partial charge in [0.15, 0.2) is 0 Å². The summed E-state index contributed by atoms with van der Waals surface area (Å²) in [6.45, 7) is 0. The first-order chi connectivity index (χ1) is 15.2. The molecule has 6 heteroatoms. The number of amides is 1. The number of benzene rings is 4. The molecule has 1 aromatic heterocycles. The van der Waals surface area contributed by atoms with Crippen LogP contribution in [0.25, 0.3) is 27.8 Å². The summed E-state index contributed by atoms with van der Waals surface area (Å²) in [4.78, 5) is 14.3. The molecule has 0 aliphatic rings. The molecule has 4 aromatic carbocycles. The Labute approximate surface area is 183 Å². The lowest BCUT2D eigenvalue weighted by atomic mass is 10.0. The summed E-state index contributed by atoms with van der Waals surface area (Å²) in [5.41, 5.74) is 5.33. The standard InChI is InChI=1S/C25H17ClN4O/c26-21-15-23-24(29-30(28-23)20-9-5-2-6-10-20)16-22(21)27-25(31)19-13-11-18(12-14-19)17-7-3-1-4-8-17/h1-16H,(H,27,31). The van der Waals surface area contributed by atoms with E-state index in [2.05, 4.69) is 15.5 Å². The lowest BCUT2D eigenvalue weighted by molar-refractivity contribution is 0.102. The smallest absolute Gasteiger partial charge is 0.255 e. The van der Waals surface area contributed by atoms with Gasteiger partial charge in [-0.2, -0.15) is 4.80 Å². The van der Waals surface area contributed by atoms with Gasteiger partial charge in [0.2, 0.25) is 0 Å². The minimum absolute atomic E-state index is 0.240. The van der Waals surface area contributed by atoms with E-state index in [1.54, 1.807) is 29.1 Å². The van der Waals surface area contributed by atoms with Crippen LogP contribution in [0.5, 0.6) is 0 Å². The molecule has 0 bridgehead atoms. The number of carbonyl (C=O) groups excluding carboxylic acids is 1. The minimum atomic E-state index is -0.240. The molecule has 5 aromatic rings. The Morgan fingerprint density at radius 1 is 0.742 bits per heavy atom. The maximum absolute atomic E-state index is 12.8. The van der Waals surface area contributed by atoms with Crippen molar-refractivity contribution in [1.82, 2.24) is 15.0 Å². The first kappa shape index (κ1) is 19.0. The number of rotatable bonds is 4. The highest BCUT2D eigenvalue weighted by molar-refractivity contribution is 6.34. The third kappa shape index (κ3) is 3.91. The number of hydrogen-bond donors (Lipinski definition) is 1. The predicted octanol–water partition coefficient (Wildman–Crippen LogP) is 5.99. The number of hydrogen-bond acceptors (Lipinski definition) is 3. The number of fused-ring (bicyclic) bond motifs is 1. The van der Waals surface area contributed by atoms with E-state index in [-0.39, 0.29) is 5.91 Å². The fraction of sp³-hybridized carbons (Fsp3) is 0. The van der Waals surface area contributed by atoms with Crippen LogP contribution in [0.1, 0.15) is 10.4 Å². The molecule has 0 fully saturated rings. The summed E-state index contributed by atoms with van der Waals surface area (Å²) in [6.07, 6.45) is 0. The molecule has 0 radical (unpaired) electrons. The number of aromatic nitrogens is 3. The van der Waals surface area contributed by atoms with Crippen LogP contribution < -0.4 is 5.32 Å². The van der Waals surface area contributed by atoms with Crippen molar-refractivity contribution in [2.24, 2.45) is 0 Å². The zero-order valence-corrected chi connectivity index (χ0v) is 17.1. The highest BCUT2D eigenvalue weighted by atomic mass is 35.5. The molecule has 150 valence electrons. The summed E-state index contributed by atoms with van der Waals surface area (Å²) < 4.78 is 0. The highest BCUT2D eigenvalue weighted by Gasteiger charge is 2.13. The number of carbonyl (C=O) groups is 1. The molecule has 0 aliphatic heterocycles. The van der Waals surface area contributed by atoms with Crippen LogP contribution in [0, 0.1) is 0 Å². The van der Waals surface area contributed by atoms with Crippen molar-refractivity contribution in [1.29, 1.82) is 0 Å². The number of para-hydroxylation sites is 1. The van der Waals surface area contributed by atoms with Gasteiger partial charge < -0.3 is 5.32 Å². The van der Waals surface area contributed by atoms with Crippen LogP contribution in [0.2, 0.25) is 5.02 Å². The third-order valence-electron chi connectivity index (χ3n) is 4.96. The van der Waals surface area contributed by atoms with Crippen LogP contribution in [-0.4, -0.2) is 20.9 Å². The topological polar surface area (TPSA) is 59.8 Å². The summed E-state index contributed by atoms with van der Waals surface area (Å²) in [7, 11) is 0. The number of halogens is 1. The van der Waals surface area contributed by atoms with E-state index in [0.717, 1.165) is 16.8 Å².